The van der Waals surface area contributed by atoms with Gasteiger partial charge in [-0.15, -0.1) is 0 Å². The summed E-state index contributed by atoms with van der Waals surface area (Å²) in [5.74, 6) is 1.48. The summed E-state index contributed by atoms with van der Waals surface area (Å²) in [5, 5.41) is 10.2. The summed E-state index contributed by atoms with van der Waals surface area (Å²) in [6, 6.07) is 18.3. The Labute approximate surface area is 182 Å². The Balaban J connectivity index is 1.60. The van der Waals surface area contributed by atoms with Crippen molar-refractivity contribution in [3.8, 4) is 0 Å². The highest BCUT2D eigenvalue weighted by Gasteiger charge is 2.25. The third-order valence-electron chi connectivity index (χ3n) is 5.02. The van der Waals surface area contributed by atoms with E-state index in [2.05, 4.69) is 54.5 Å². The molecule has 1 aliphatic rings. The molecule has 2 aromatic carbocycles. The van der Waals surface area contributed by atoms with Crippen LogP contribution in [0.4, 0.5) is 11.5 Å². The molecule has 0 aliphatic heterocycles. The van der Waals surface area contributed by atoms with E-state index in [0.717, 1.165) is 50.9 Å². The smallest absolute Gasteiger partial charge is 0.139 e. The van der Waals surface area contributed by atoms with Crippen LogP contribution in [0.3, 0.4) is 0 Å². The number of rotatable bonds is 9. The van der Waals surface area contributed by atoms with Crippen LogP contribution in [0.25, 0.3) is 10.8 Å². The van der Waals surface area contributed by atoms with Crippen molar-refractivity contribution in [2.75, 3.05) is 17.6 Å². The molecule has 1 aromatic heterocycles. The second kappa shape index (κ2) is 9.26. The van der Waals surface area contributed by atoms with E-state index in [1.807, 2.05) is 30.3 Å². The van der Waals surface area contributed by atoms with Gasteiger partial charge in [0.1, 0.15) is 10.8 Å². The number of nitrogens with one attached hydrogen (secondary N) is 2. The molecule has 0 bridgehead atoms. The molecule has 1 aliphatic carbocycles. The fourth-order valence-electron chi connectivity index (χ4n) is 3.33. The highest BCUT2D eigenvalue weighted by atomic mass is 32.2. The average molecular weight is 417 g/mol. The fraction of sp³-hybridized carbons (Fsp3) is 0.240. The zero-order chi connectivity index (χ0) is 20.9. The number of pyridine rings is 1. The van der Waals surface area contributed by atoms with E-state index < -0.39 is 0 Å². The van der Waals surface area contributed by atoms with Crippen LogP contribution >= 0.6 is 11.8 Å². The van der Waals surface area contributed by atoms with Crippen molar-refractivity contribution in [2.45, 2.75) is 36.1 Å². The number of nitrogen functional groups attached to an aromatic ring is 1. The second-order valence-electron chi connectivity index (χ2n) is 7.65. The predicted molar refractivity (Wildman–Crippen MR) is 129 cm³/mol. The number of nitrogens with two attached hydrogens (primary N) is 1. The molecule has 0 spiro atoms. The Morgan fingerprint density at radius 2 is 1.97 bits per heavy atom. The Hall–Kier alpha value is -2.92. The Kier molecular flexibility index (Phi) is 6.29. The SMILES string of the molecule is C=C(/C=C(\NCCC)C1CC1)Nc1nc(Sc2ccc(N)cc2)cc2ccccc12. The predicted octanol–water partition coefficient (Wildman–Crippen LogP) is 6.19. The average Bonchev–Trinajstić information content (AvgIpc) is 3.58. The lowest BCUT2D eigenvalue weighted by Crippen LogP contribution is -2.16. The van der Waals surface area contributed by atoms with Gasteiger partial charge in [-0.1, -0.05) is 49.5 Å². The molecule has 0 amide bonds. The van der Waals surface area contributed by atoms with E-state index >= 15 is 0 Å². The second-order valence-corrected chi connectivity index (χ2v) is 8.75. The van der Waals surface area contributed by atoms with Crippen LogP contribution < -0.4 is 16.4 Å². The highest BCUT2D eigenvalue weighted by Crippen LogP contribution is 2.36. The number of benzene rings is 2. The zero-order valence-electron chi connectivity index (χ0n) is 17.3. The Bertz CT molecular complexity index is 1070. The van der Waals surface area contributed by atoms with Gasteiger partial charge in [0.05, 0.1) is 0 Å². The van der Waals surface area contributed by atoms with Gasteiger partial charge in [-0.2, -0.15) is 0 Å². The lowest BCUT2D eigenvalue weighted by Gasteiger charge is -2.14. The highest BCUT2D eigenvalue weighted by molar-refractivity contribution is 7.99. The van der Waals surface area contributed by atoms with Crippen molar-refractivity contribution >= 4 is 34.0 Å². The number of nitrogens with zero attached hydrogens (tertiary/aromatic N) is 1. The Morgan fingerprint density at radius 1 is 1.20 bits per heavy atom. The molecule has 1 saturated carbocycles. The molecule has 0 unspecified atom stereocenters. The molecule has 0 atom stereocenters. The minimum absolute atomic E-state index is 0.646. The maximum absolute atomic E-state index is 5.81. The van der Waals surface area contributed by atoms with Crippen LogP contribution in [0.2, 0.25) is 0 Å². The normalized spacial score (nSPS) is 14.0. The lowest BCUT2D eigenvalue weighted by molar-refractivity contribution is 0.719. The molecule has 4 rings (SSSR count). The maximum atomic E-state index is 5.81. The van der Waals surface area contributed by atoms with E-state index in [0.29, 0.717) is 5.92 Å². The molecule has 154 valence electrons. The molecule has 4 N–H and O–H groups in total. The number of anilines is 2. The summed E-state index contributed by atoms with van der Waals surface area (Å²) in [5.41, 5.74) is 8.72. The first-order valence-electron chi connectivity index (χ1n) is 10.5. The molecular weight excluding hydrogens is 388 g/mol. The van der Waals surface area contributed by atoms with Crippen LogP contribution in [0, 0.1) is 5.92 Å². The largest absolute Gasteiger partial charge is 0.399 e. The number of hydrogen-bond donors (Lipinski definition) is 3. The van der Waals surface area contributed by atoms with Crippen molar-refractivity contribution < 1.29 is 0 Å². The van der Waals surface area contributed by atoms with Gasteiger partial charge < -0.3 is 16.4 Å². The first kappa shape index (κ1) is 20.4. The number of fused-ring (bicyclic) bond motifs is 1. The van der Waals surface area contributed by atoms with E-state index in [4.69, 9.17) is 10.7 Å². The summed E-state index contributed by atoms with van der Waals surface area (Å²) >= 11 is 1.63. The number of allylic oxidation sites excluding steroid dienone is 2. The molecule has 4 nitrogen and oxygen atoms in total. The van der Waals surface area contributed by atoms with Gasteiger partial charge >= 0.3 is 0 Å². The summed E-state index contributed by atoms with van der Waals surface area (Å²) in [6.07, 6.45) is 5.76. The van der Waals surface area contributed by atoms with Gasteiger partial charge in [-0.05, 0) is 67.0 Å². The topological polar surface area (TPSA) is 63.0 Å². The standard InChI is InChI=1S/C25H28N4S/c1-3-14-27-23(18-8-9-18)15-17(2)28-25-22-7-5-4-6-19(22)16-24(29-25)30-21-12-10-20(26)11-13-21/h4-7,10-13,15-16,18,27H,2-3,8-9,14,26H2,1H3,(H,28,29)/b23-15-. The van der Waals surface area contributed by atoms with E-state index in [-0.39, 0.29) is 0 Å². The maximum Gasteiger partial charge on any atom is 0.139 e. The summed E-state index contributed by atoms with van der Waals surface area (Å²) in [7, 11) is 0. The fourth-order valence-corrected chi connectivity index (χ4v) is 4.17. The van der Waals surface area contributed by atoms with Crippen molar-refractivity contribution in [1.82, 2.24) is 10.3 Å². The third-order valence-corrected chi connectivity index (χ3v) is 5.95. The quantitative estimate of drug-likeness (QED) is 0.287. The first-order valence-corrected chi connectivity index (χ1v) is 11.3. The van der Waals surface area contributed by atoms with E-state index in [9.17, 15) is 0 Å². The molecule has 0 radical (unpaired) electrons. The van der Waals surface area contributed by atoms with Gasteiger partial charge in [-0.3, -0.25) is 0 Å². The molecule has 1 fully saturated rings. The van der Waals surface area contributed by atoms with Gasteiger partial charge in [-0.25, -0.2) is 4.98 Å². The molecule has 1 heterocycles. The minimum Gasteiger partial charge on any atom is -0.399 e. The van der Waals surface area contributed by atoms with Gasteiger partial charge in [0, 0.05) is 33.9 Å². The first-order chi connectivity index (χ1) is 14.6. The molecular formula is C25H28N4S. The van der Waals surface area contributed by atoms with Crippen LogP contribution in [0.15, 0.2) is 88.6 Å². The molecule has 30 heavy (non-hydrogen) atoms. The van der Waals surface area contributed by atoms with Crippen LogP contribution in [-0.4, -0.2) is 11.5 Å². The van der Waals surface area contributed by atoms with Crippen molar-refractivity contribution in [1.29, 1.82) is 0 Å². The number of hydrogen-bond acceptors (Lipinski definition) is 5. The van der Waals surface area contributed by atoms with Crippen LogP contribution in [-0.2, 0) is 0 Å². The molecule has 5 heteroatoms. The van der Waals surface area contributed by atoms with Crippen molar-refractivity contribution in [3.63, 3.8) is 0 Å². The zero-order valence-corrected chi connectivity index (χ0v) is 18.1. The third kappa shape index (κ3) is 5.16. The number of aromatic nitrogens is 1. The van der Waals surface area contributed by atoms with Crippen molar-refractivity contribution in [2.24, 2.45) is 5.92 Å². The molecule has 0 saturated heterocycles. The van der Waals surface area contributed by atoms with E-state index in [1.165, 1.54) is 18.5 Å². The summed E-state index contributed by atoms with van der Waals surface area (Å²) in [6.45, 7) is 7.43. The van der Waals surface area contributed by atoms with Crippen LogP contribution in [0.5, 0.6) is 0 Å². The van der Waals surface area contributed by atoms with Crippen molar-refractivity contribution in [3.05, 3.63) is 78.6 Å². The summed E-state index contributed by atoms with van der Waals surface area (Å²) in [4.78, 5) is 6.01. The van der Waals surface area contributed by atoms with E-state index in [1.54, 1.807) is 11.8 Å². The van der Waals surface area contributed by atoms with Gasteiger partial charge in [0.15, 0.2) is 0 Å². The van der Waals surface area contributed by atoms with Crippen LogP contribution in [0.1, 0.15) is 26.2 Å². The summed E-state index contributed by atoms with van der Waals surface area (Å²) < 4.78 is 0. The minimum atomic E-state index is 0.646. The van der Waals surface area contributed by atoms with Gasteiger partial charge in [0.25, 0.3) is 0 Å². The monoisotopic (exact) mass is 416 g/mol. The van der Waals surface area contributed by atoms with Gasteiger partial charge in [0.2, 0.25) is 0 Å². The molecule has 3 aromatic rings. The lowest BCUT2D eigenvalue weighted by atomic mass is 10.1. The Morgan fingerprint density at radius 3 is 2.70 bits per heavy atom.